The fraction of sp³-hybridized carbons (Fsp3) is 0.300. The molecule has 0 fully saturated rings. The lowest BCUT2D eigenvalue weighted by Crippen LogP contribution is -2.39. The molecule has 1 N–H and O–H groups in total. The summed E-state index contributed by atoms with van der Waals surface area (Å²) in [6.45, 7) is 2.46. The number of hydrogen-bond acceptors (Lipinski definition) is 5. The molecule has 3 heterocycles. The highest BCUT2D eigenvalue weighted by Crippen LogP contribution is 2.42. The van der Waals surface area contributed by atoms with Gasteiger partial charge in [0, 0.05) is 29.6 Å². The molecule has 0 unspecified atom stereocenters. The summed E-state index contributed by atoms with van der Waals surface area (Å²) < 4.78 is 5.05. The molecule has 148 valence electrons. The lowest BCUT2D eigenvalue weighted by atomic mass is 9.93. The molecule has 0 spiro atoms. The lowest BCUT2D eigenvalue weighted by Gasteiger charge is -2.33. The number of carbonyl (C=O) groups excluding carboxylic acids is 1. The molecule has 3 aromatic rings. The van der Waals surface area contributed by atoms with Gasteiger partial charge >= 0.3 is 0 Å². The number of H-pyrrole nitrogens is 1. The van der Waals surface area contributed by atoms with Gasteiger partial charge in [-0.3, -0.25) is 4.79 Å². The summed E-state index contributed by atoms with van der Waals surface area (Å²) >= 11 is 12.7. The van der Waals surface area contributed by atoms with E-state index < -0.39 is 0 Å². The standard InChI is InChI=1S/C20H17Cl2N5O2/c1-10-15-14(26-18-16(15)11(3-5-23)7-13(21)17(18)22)4-6-27(10)20(28)19-24-8-12(29-2)9-25-19/h7-10,26H,3-4,6H2,1-2H3/t10-/m1/s1. The third-order valence-corrected chi connectivity index (χ3v) is 6.03. The second-order valence-electron chi connectivity index (χ2n) is 6.80. The van der Waals surface area contributed by atoms with Crippen molar-refractivity contribution in [1.29, 1.82) is 5.26 Å². The Morgan fingerprint density at radius 1 is 1.41 bits per heavy atom. The number of nitrogens with one attached hydrogen (secondary N) is 1. The van der Waals surface area contributed by atoms with Gasteiger partial charge in [0.15, 0.2) is 5.75 Å². The number of nitrogens with zero attached hydrogens (tertiary/aromatic N) is 4. The predicted octanol–water partition coefficient (Wildman–Crippen LogP) is 4.10. The van der Waals surface area contributed by atoms with E-state index in [9.17, 15) is 10.1 Å². The van der Waals surface area contributed by atoms with Gasteiger partial charge in [-0.15, -0.1) is 0 Å². The number of hydrogen-bond donors (Lipinski definition) is 1. The molecule has 1 aromatic carbocycles. The van der Waals surface area contributed by atoms with Gasteiger partial charge < -0.3 is 14.6 Å². The van der Waals surface area contributed by atoms with Crippen LogP contribution in [0.2, 0.25) is 10.0 Å². The Kier molecular flexibility index (Phi) is 5.07. The molecular weight excluding hydrogens is 413 g/mol. The highest BCUT2D eigenvalue weighted by Gasteiger charge is 2.33. The second-order valence-corrected chi connectivity index (χ2v) is 7.59. The van der Waals surface area contributed by atoms with E-state index >= 15 is 0 Å². The minimum atomic E-state index is -0.262. The smallest absolute Gasteiger partial charge is 0.292 e. The van der Waals surface area contributed by atoms with Crippen LogP contribution in [0.5, 0.6) is 5.75 Å². The van der Waals surface area contributed by atoms with Gasteiger partial charge in [0.1, 0.15) is 0 Å². The molecular formula is C20H17Cl2N5O2. The van der Waals surface area contributed by atoms with Crippen LogP contribution in [0.15, 0.2) is 18.5 Å². The summed E-state index contributed by atoms with van der Waals surface area (Å²) in [5, 5.41) is 10.9. The third-order valence-electron chi connectivity index (χ3n) is 5.25. The summed E-state index contributed by atoms with van der Waals surface area (Å²) in [5.74, 6) is 0.334. The molecule has 1 atom stereocenters. The molecule has 1 amide bonds. The molecule has 0 radical (unpaired) electrons. The molecule has 29 heavy (non-hydrogen) atoms. The maximum absolute atomic E-state index is 13.1. The zero-order chi connectivity index (χ0) is 20.7. The maximum atomic E-state index is 13.1. The van der Waals surface area contributed by atoms with Crippen LogP contribution in [0.25, 0.3) is 10.9 Å². The molecule has 9 heteroatoms. The van der Waals surface area contributed by atoms with Gasteiger partial charge in [-0.1, -0.05) is 23.2 Å². The van der Waals surface area contributed by atoms with Crippen LogP contribution < -0.4 is 4.74 Å². The molecule has 1 aliphatic heterocycles. The number of methoxy groups -OCH3 is 1. The van der Waals surface area contributed by atoms with E-state index in [1.165, 1.54) is 19.5 Å². The topological polar surface area (TPSA) is 94.9 Å². The Morgan fingerprint density at radius 2 is 2.14 bits per heavy atom. The van der Waals surface area contributed by atoms with E-state index in [1.54, 1.807) is 11.0 Å². The van der Waals surface area contributed by atoms with Gasteiger partial charge in [-0.05, 0) is 18.6 Å². The zero-order valence-corrected chi connectivity index (χ0v) is 17.3. The summed E-state index contributed by atoms with van der Waals surface area (Å²) in [6.07, 6.45) is 3.76. The fourth-order valence-electron chi connectivity index (χ4n) is 3.87. The Balaban J connectivity index is 1.79. The number of halogens is 2. The number of benzene rings is 1. The van der Waals surface area contributed by atoms with Crippen LogP contribution >= 0.6 is 23.2 Å². The maximum Gasteiger partial charge on any atom is 0.292 e. The summed E-state index contributed by atoms with van der Waals surface area (Å²) in [6, 6.07) is 3.65. The monoisotopic (exact) mass is 429 g/mol. The Labute approximate surface area is 177 Å². The quantitative estimate of drug-likeness (QED) is 0.675. The molecule has 1 aliphatic rings. The van der Waals surface area contributed by atoms with E-state index in [0.717, 1.165) is 22.2 Å². The van der Waals surface area contributed by atoms with E-state index in [2.05, 4.69) is 21.0 Å². The molecule has 0 saturated heterocycles. The van der Waals surface area contributed by atoms with Crippen molar-refractivity contribution in [2.75, 3.05) is 13.7 Å². The number of carbonyl (C=O) groups is 1. The van der Waals surface area contributed by atoms with E-state index in [4.69, 9.17) is 27.9 Å². The molecule has 0 saturated carbocycles. The Morgan fingerprint density at radius 3 is 2.79 bits per heavy atom. The van der Waals surface area contributed by atoms with Crippen molar-refractivity contribution < 1.29 is 9.53 Å². The van der Waals surface area contributed by atoms with Crippen LogP contribution in [0.3, 0.4) is 0 Å². The number of amides is 1. The highest BCUT2D eigenvalue weighted by molar-refractivity contribution is 6.45. The van der Waals surface area contributed by atoms with Crippen molar-refractivity contribution in [2.24, 2.45) is 0 Å². The van der Waals surface area contributed by atoms with Crippen molar-refractivity contribution in [3.05, 3.63) is 51.2 Å². The SMILES string of the molecule is COc1cnc(C(=O)N2CCc3[nH]c4c(Cl)c(Cl)cc(CC#N)c4c3[C@H]2C)nc1. The number of nitriles is 1. The summed E-state index contributed by atoms with van der Waals surface area (Å²) in [5.41, 5.74) is 3.44. The lowest BCUT2D eigenvalue weighted by molar-refractivity contribution is 0.0665. The number of ether oxygens (including phenoxy) is 1. The number of aromatic amines is 1. The summed E-state index contributed by atoms with van der Waals surface area (Å²) in [7, 11) is 1.52. The van der Waals surface area contributed by atoms with Gasteiger partial charge in [-0.25, -0.2) is 9.97 Å². The zero-order valence-electron chi connectivity index (χ0n) is 15.8. The first-order chi connectivity index (χ1) is 14.0. The Bertz CT molecular complexity index is 1150. The van der Waals surface area contributed by atoms with E-state index in [0.29, 0.717) is 34.3 Å². The fourth-order valence-corrected chi connectivity index (χ4v) is 4.30. The Hall–Kier alpha value is -2.82. The van der Waals surface area contributed by atoms with Crippen molar-refractivity contribution in [3.8, 4) is 11.8 Å². The average Bonchev–Trinajstić information content (AvgIpc) is 3.13. The molecule has 7 nitrogen and oxygen atoms in total. The first-order valence-corrected chi connectivity index (χ1v) is 9.77. The van der Waals surface area contributed by atoms with Gasteiger partial charge in [0.25, 0.3) is 5.91 Å². The van der Waals surface area contributed by atoms with Crippen LogP contribution in [-0.4, -0.2) is 39.4 Å². The van der Waals surface area contributed by atoms with Crippen molar-refractivity contribution in [3.63, 3.8) is 0 Å². The van der Waals surface area contributed by atoms with Gasteiger partial charge in [0.05, 0.1) is 53.6 Å². The first-order valence-electron chi connectivity index (χ1n) is 9.01. The predicted molar refractivity (Wildman–Crippen MR) is 109 cm³/mol. The summed E-state index contributed by atoms with van der Waals surface area (Å²) in [4.78, 5) is 26.4. The first kappa shape index (κ1) is 19.5. The second kappa shape index (κ2) is 7.54. The van der Waals surface area contributed by atoms with Gasteiger partial charge in [-0.2, -0.15) is 5.26 Å². The number of aromatic nitrogens is 3. The van der Waals surface area contributed by atoms with Crippen LogP contribution in [-0.2, 0) is 12.8 Å². The number of fused-ring (bicyclic) bond motifs is 3. The minimum absolute atomic E-state index is 0.110. The van der Waals surface area contributed by atoms with Crippen molar-refractivity contribution in [2.45, 2.75) is 25.8 Å². The van der Waals surface area contributed by atoms with Crippen LogP contribution in [0.1, 0.15) is 40.4 Å². The normalized spacial score (nSPS) is 15.8. The molecule has 4 rings (SSSR count). The van der Waals surface area contributed by atoms with Crippen molar-refractivity contribution in [1.82, 2.24) is 19.9 Å². The van der Waals surface area contributed by atoms with Crippen LogP contribution in [0, 0.1) is 11.3 Å². The number of rotatable bonds is 3. The average molecular weight is 430 g/mol. The minimum Gasteiger partial charge on any atom is -0.494 e. The van der Waals surface area contributed by atoms with Crippen molar-refractivity contribution >= 4 is 40.0 Å². The third kappa shape index (κ3) is 3.18. The highest BCUT2D eigenvalue weighted by atomic mass is 35.5. The van der Waals surface area contributed by atoms with Gasteiger partial charge in [0.2, 0.25) is 5.82 Å². The molecule has 0 aliphatic carbocycles. The van der Waals surface area contributed by atoms with Crippen LogP contribution in [0.4, 0.5) is 0 Å². The van der Waals surface area contributed by atoms with E-state index in [1.807, 2.05) is 6.92 Å². The molecule has 2 aromatic heterocycles. The van der Waals surface area contributed by atoms with E-state index in [-0.39, 0.29) is 24.2 Å². The molecule has 0 bridgehead atoms. The largest absolute Gasteiger partial charge is 0.494 e.